The molecule has 0 N–H and O–H groups in total. The van der Waals surface area contributed by atoms with Crippen molar-refractivity contribution in [2.45, 2.75) is 70.3 Å². The Morgan fingerprint density at radius 1 is 0.897 bits per heavy atom. The average molecular weight is 535 g/mol. The lowest BCUT2D eigenvalue weighted by Crippen LogP contribution is -2.08. The first-order valence-corrected chi connectivity index (χ1v) is 13.6. The Labute approximate surface area is 230 Å². The van der Waals surface area contributed by atoms with Crippen molar-refractivity contribution >= 4 is 24.0 Å². The summed E-state index contributed by atoms with van der Waals surface area (Å²) in [5.74, 6) is 0.0276. The number of rotatable bonds is 16. The number of carbonyl (C=O) groups is 3. The second-order valence-corrected chi connectivity index (χ2v) is 9.64. The number of cyclic esters (lactones) is 1. The van der Waals surface area contributed by atoms with Crippen molar-refractivity contribution in [2.75, 3.05) is 13.7 Å². The molecule has 1 heterocycles. The molecule has 1 atom stereocenters. The predicted molar refractivity (Wildman–Crippen MR) is 150 cm³/mol. The molecule has 0 aliphatic carbocycles. The lowest BCUT2D eigenvalue weighted by molar-refractivity contribution is -0.139. The molecule has 1 aliphatic rings. The minimum Gasteiger partial charge on any atom is -0.494 e. The molecule has 7 nitrogen and oxygen atoms in total. The second-order valence-electron chi connectivity index (χ2n) is 9.64. The van der Waals surface area contributed by atoms with Gasteiger partial charge in [-0.2, -0.15) is 0 Å². The number of methoxy groups -OCH3 is 1. The Bertz CT molecular complexity index is 1100. The number of benzene rings is 2. The van der Waals surface area contributed by atoms with Crippen LogP contribution < -0.4 is 9.47 Å². The van der Waals surface area contributed by atoms with Gasteiger partial charge in [-0.3, -0.25) is 0 Å². The molecule has 0 spiro atoms. The van der Waals surface area contributed by atoms with E-state index in [4.69, 9.17) is 14.2 Å². The summed E-state index contributed by atoms with van der Waals surface area (Å²) in [5, 5.41) is 0. The predicted octanol–water partition coefficient (Wildman–Crippen LogP) is 6.85. The van der Waals surface area contributed by atoms with Crippen LogP contribution in [-0.4, -0.2) is 37.7 Å². The highest BCUT2D eigenvalue weighted by Crippen LogP contribution is 2.23. The molecule has 1 aliphatic heterocycles. The van der Waals surface area contributed by atoms with E-state index < -0.39 is 11.9 Å². The Balaban J connectivity index is 1.22. The van der Waals surface area contributed by atoms with Gasteiger partial charge in [0, 0.05) is 18.1 Å². The molecule has 2 aromatic rings. The Morgan fingerprint density at radius 2 is 1.51 bits per heavy atom. The highest BCUT2D eigenvalue weighted by atomic mass is 16.6. The number of ether oxygens (including phenoxy) is 4. The van der Waals surface area contributed by atoms with Gasteiger partial charge in [0.15, 0.2) is 0 Å². The fraction of sp³-hybridized carbons (Fsp3) is 0.406. The summed E-state index contributed by atoms with van der Waals surface area (Å²) in [6, 6.07) is 13.8. The summed E-state index contributed by atoms with van der Waals surface area (Å²) in [7, 11) is 1.32. The van der Waals surface area contributed by atoms with Crippen molar-refractivity contribution < 1.29 is 33.3 Å². The van der Waals surface area contributed by atoms with Crippen LogP contribution >= 0.6 is 0 Å². The van der Waals surface area contributed by atoms with E-state index in [1.54, 1.807) is 54.6 Å². The third-order valence-electron chi connectivity index (χ3n) is 6.52. The van der Waals surface area contributed by atoms with E-state index in [1.165, 1.54) is 45.3 Å². The molecule has 0 radical (unpaired) electrons. The Kier molecular flexibility index (Phi) is 12.3. The van der Waals surface area contributed by atoms with Crippen molar-refractivity contribution in [1.82, 2.24) is 0 Å². The van der Waals surface area contributed by atoms with Gasteiger partial charge in [-0.1, -0.05) is 57.2 Å². The molecule has 1 fully saturated rings. The van der Waals surface area contributed by atoms with Crippen LogP contribution in [0.5, 0.6) is 11.5 Å². The van der Waals surface area contributed by atoms with Crippen LogP contribution in [0.2, 0.25) is 0 Å². The van der Waals surface area contributed by atoms with Gasteiger partial charge in [0.2, 0.25) is 0 Å². The van der Waals surface area contributed by atoms with E-state index in [-0.39, 0.29) is 12.1 Å². The normalized spacial score (nSPS) is 14.8. The topological polar surface area (TPSA) is 88.1 Å². The highest BCUT2D eigenvalue weighted by Gasteiger charge is 2.26. The minimum absolute atomic E-state index is 0.0448. The summed E-state index contributed by atoms with van der Waals surface area (Å²) in [5.41, 5.74) is 1.83. The van der Waals surface area contributed by atoms with Crippen LogP contribution in [-0.2, 0) is 19.1 Å². The van der Waals surface area contributed by atoms with Gasteiger partial charge in [0.1, 0.15) is 17.6 Å². The zero-order valence-corrected chi connectivity index (χ0v) is 22.7. The van der Waals surface area contributed by atoms with Crippen LogP contribution in [0.4, 0.5) is 0 Å². The van der Waals surface area contributed by atoms with Gasteiger partial charge in [-0.05, 0) is 67.3 Å². The summed E-state index contributed by atoms with van der Waals surface area (Å²) in [6.45, 7) is 4.37. The van der Waals surface area contributed by atoms with E-state index in [0.717, 1.165) is 37.0 Å². The maximum absolute atomic E-state index is 12.4. The third-order valence-corrected chi connectivity index (χ3v) is 6.52. The van der Waals surface area contributed by atoms with Crippen molar-refractivity contribution in [3.05, 3.63) is 77.9 Å². The van der Waals surface area contributed by atoms with Crippen molar-refractivity contribution in [2.24, 2.45) is 0 Å². The first-order chi connectivity index (χ1) is 18.9. The molecule has 3 rings (SSSR count). The number of hydrogen-bond donors (Lipinski definition) is 0. The van der Waals surface area contributed by atoms with Crippen LogP contribution in [0.1, 0.15) is 80.1 Å². The number of esters is 3. The highest BCUT2D eigenvalue weighted by molar-refractivity contribution is 5.91. The number of hydrogen-bond acceptors (Lipinski definition) is 7. The van der Waals surface area contributed by atoms with Gasteiger partial charge in [0.05, 0.1) is 19.3 Å². The van der Waals surface area contributed by atoms with Crippen molar-refractivity contribution in [1.29, 1.82) is 0 Å². The summed E-state index contributed by atoms with van der Waals surface area (Å²) in [4.78, 5) is 34.9. The number of unbranched alkanes of at least 4 members (excludes halogenated alkanes) is 7. The quantitative estimate of drug-likeness (QED) is 0.101. The van der Waals surface area contributed by atoms with E-state index in [1.807, 2.05) is 0 Å². The monoisotopic (exact) mass is 534 g/mol. The second kappa shape index (κ2) is 16.2. The van der Waals surface area contributed by atoms with Gasteiger partial charge >= 0.3 is 17.9 Å². The molecular weight excluding hydrogens is 496 g/mol. The maximum atomic E-state index is 12.4. The molecule has 1 saturated heterocycles. The summed E-state index contributed by atoms with van der Waals surface area (Å²) >= 11 is 0. The Hall–Kier alpha value is -3.87. The molecule has 2 aromatic carbocycles. The van der Waals surface area contributed by atoms with Crippen molar-refractivity contribution in [3.63, 3.8) is 0 Å². The SMILES string of the molecule is C=C1CC(CCCCCCCCCCOc2ccc(C(=O)Oc3ccc(C=CC(=O)OC)cc3)cc2)OC1=O. The molecular formula is C32H38O7. The van der Waals surface area contributed by atoms with E-state index in [0.29, 0.717) is 29.9 Å². The molecule has 1 unspecified atom stereocenters. The lowest BCUT2D eigenvalue weighted by Gasteiger charge is -2.08. The molecule has 208 valence electrons. The minimum atomic E-state index is -0.452. The molecule has 39 heavy (non-hydrogen) atoms. The fourth-order valence-corrected chi connectivity index (χ4v) is 4.25. The molecule has 7 heteroatoms. The van der Waals surface area contributed by atoms with Crippen LogP contribution in [0.25, 0.3) is 6.08 Å². The van der Waals surface area contributed by atoms with Crippen LogP contribution in [0, 0.1) is 0 Å². The largest absolute Gasteiger partial charge is 0.494 e. The van der Waals surface area contributed by atoms with Gasteiger partial charge in [-0.25, -0.2) is 14.4 Å². The van der Waals surface area contributed by atoms with Crippen LogP contribution in [0.3, 0.4) is 0 Å². The Morgan fingerprint density at radius 3 is 2.13 bits per heavy atom. The standard InChI is InChI=1S/C32H38O7/c1-24-23-29(39-31(24)34)11-9-7-5-3-4-6-8-10-22-37-27-19-15-26(16-20-27)32(35)38-28-17-12-25(13-18-28)14-21-30(33)36-2/h12-21,29H,1,3-11,22-23H2,2H3. The van der Waals surface area contributed by atoms with E-state index in [2.05, 4.69) is 11.3 Å². The van der Waals surface area contributed by atoms with E-state index >= 15 is 0 Å². The van der Waals surface area contributed by atoms with Gasteiger partial charge in [-0.15, -0.1) is 0 Å². The molecule has 0 amide bonds. The van der Waals surface area contributed by atoms with Crippen LogP contribution in [0.15, 0.2) is 66.8 Å². The maximum Gasteiger partial charge on any atom is 0.343 e. The van der Waals surface area contributed by atoms with Gasteiger partial charge < -0.3 is 18.9 Å². The summed E-state index contributed by atoms with van der Waals surface area (Å²) < 4.78 is 21.1. The zero-order valence-electron chi connectivity index (χ0n) is 22.7. The number of carbonyl (C=O) groups excluding carboxylic acids is 3. The third kappa shape index (κ3) is 10.8. The first kappa shape index (κ1) is 29.7. The van der Waals surface area contributed by atoms with E-state index in [9.17, 15) is 14.4 Å². The lowest BCUT2D eigenvalue weighted by atomic mass is 10.0. The van der Waals surface area contributed by atoms with Gasteiger partial charge in [0.25, 0.3) is 0 Å². The fourth-order valence-electron chi connectivity index (χ4n) is 4.25. The van der Waals surface area contributed by atoms with Crippen molar-refractivity contribution in [3.8, 4) is 11.5 Å². The molecule has 0 saturated carbocycles. The average Bonchev–Trinajstić information content (AvgIpc) is 3.27. The smallest absolute Gasteiger partial charge is 0.343 e. The zero-order chi connectivity index (χ0) is 27.9. The first-order valence-electron chi connectivity index (χ1n) is 13.6. The molecule has 0 bridgehead atoms. The summed E-state index contributed by atoms with van der Waals surface area (Å²) in [6.07, 6.45) is 13.9. The molecule has 0 aromatic heterocycles.